The SMILES string of the molecule is O=C(O)CCNC(=O)c1cc2c([nH]c1=O)CCCC2. The minimum absolute atomic E-state index is 0.0185. The number of hydrogen-bond donors (Lipinski definition) is 3. The van der Waals surface area contributed by atoms with Gasteiger partial charge in [-0.05, 0) is 37.3 Å². The molecule has 0 bridgehead atoms. The second-order valence-corrected chi connectivity index (χ2v) is 4.62. The van der Waals surface area contributed by atoms with E-state index in [1.165, 1.54) is 0 Å². The van der Waals surface area contributed by atoms with Crippen molar-refractivity contribution in [1.29, 1.82) is 0 Å². The number of carboxylic acid groups (broad SMARTS) is 1. The highest BCUT2D eigenvalue weighted by molar-refractivity contribution is 5.94. The molecule has 1 aliphatic carbocycles. The summed E-state index contributed by atoms with van der Waals surface area (Å²) in [6.07, 6.45) is 3.65. The highest BCUT2D eigenvalue weighted by Crippen LogP contribution is 2.18. The zero-order chi connectivity index (χ0) is 13.8. The van der Waals surface area contributed by atoms with Gasteiger partial charge in [0.15, 0.2) is 0 Å². The van der Waals surface area contributed by atoms with Crippen LogP contribution in [0.2, 0.25) is 0 Å². The van der Waals surface area contributed by atoms with Crippen LogP contribution in [0.1, 0.15) is 40.9 Å². The fourth-order valence-corrected chi connectivity index (χ4v) is 2.22. The highest BCUT2D eigenvalue weighted by atomic mass is 16.4. The molecule has 1 aromatic rings. The van der Waals surface area contributed by atoms with Gasteiger partial charge in [-0.15, -0.1) is 0 Å². The van der Waals surface area contributed by atoms with Crippen LogP contribution in [0, 0.1) is 0 Å². The van der Waals surface area contributed by atoms with Crippen molar-refractivity contribution in [2.75, 3.05) is 6.54 Å². The van der Waals surface area contributed by atoms with Crippen LogP contribution in [0.5, 0.6) is 0 Å². The number of aliphatic carboxylic acids is 1. The summed E-state index contributed by atoms with van der Waals surface area (Å²) in [7, 11) is 0. The molecule has 0 saturated heterocycles. The van der Waals surface area contributed by atoms with E-state index in [0.717, 1.165) is 36.9 Å². The zero-order valence-electron chi connectivity index (χ0n) is 10.5. The number of nitrogens with one attached hydrogen (secondary N) is 2. The molecule has 6 nitrogen and oxygen atoms in total. The van der Waals surface area contributed by atoms with Crippen LogP contribution in [0.3, 0.4) is 0 Å². The van der Waals surface area contributed by atoms with Gasteiger partial charge in [0.2, 0.25) is 0 Å². The van der Waals surface area contributed by atoms with Crippen molar-refractivity contribution in [3.05, 3.63) is 33.2 Å². The number of fused-ring (bicyclic) bond motifs is 1. The van der Waals surface area contributed by atoms with Crippen molar-refractivity contribution in [2.24, 2.45) is 0 Å². The summed E-state index contributed by atoms with van der Waals surface area (Å²) >= 11 is 0. The maximum atomic E-state index is 11.8. The first-order chi connectivity index (χ1) is 9.08. The van der Waals surface area contributed by atoms with Crippen molar-refractivity contribution in [3.63, 3.8) is 0 Å². The molecule has 1 aliphatic rings. The molecule has 0 aromatic carbocycles. The van der Waals surface area contributed by atoms with Gasteiger partial charge < -0.3 is 15.4 Å². The van der Waals surface area contributed by atoms with Crippen LogP contribution in [0.4, 0.5) is 0 Å². The number of aryl methyl sites for hydroxylation is 2. The largest absolute Gasteiger partial charge is 0.481 e. The van der Waals surface area contributed by atoms with Crippen LogP contribution in [-0.2, 0) is 17.6 Å². The number of carboxylic acids is 1. The Morgan fingerprint density at radius 2 is 2.05 bits per heavy atom. The molecule has 1 aromatic heterocycles. The minimum atomic E-state index is -0.986. The third-order valence-electron chi connectivity index (χ3n) is 3.21. The lowest BCUT2D eigenvalue weighted by Crippen LogP contribution is -2.32. The zero-order valence-corrected chi connectivity index (χ0v) is 10.5. The summed E-state index contributed by atoms with van der Waals surface area (Å²) in [5, 5.41) is 10.9. The lowest BCUT2D eigenvalue weighted by molar-refractivity contribution is -0.136. The molecule has 1 amide bonds. The van der Waals surface area contributed by atoms with Crippen LogP contribution in [-0.4, -0.2) is 28.5 Å². The van der Waals surface area contributed by atoms with Gasteiger partial charge in [-0.1, -0.05) is 0 Å². The van der Waals surface area contributed by atoms with E-state index in [2.05, 4.69) is 10.3 Å². The second kappa shape index (κ2) is 5.69. The Morgan fingerprint density at radius 3 is 2.79 bits per heavy atom. The number of aromatic nitrogens is 1. The van der Waals surface area contributed by atoms with E-state index >= 15 is 0 Å². The number of rotatable bonds is 4. The average molecular weight is 264 g/mol. The number of carbonyl (C=O) groups is 2. The summed E-state index contributed by atoms with van der Waals surface area (Å²) in [5.74, 6) is -1.50. The topological polar surface area (TPSA) is 99.3 Å². The molecule has 0 aliphatic heterocycles. The molecule has 0 radical (unpaired) electrons. The van der Waals surface area contributed by atoms with Crippen LogP contribution < -0.4 is 10.9 Å². The average Bonchev–Trinajstić information content (AvgIpc) is 2.37. The minimum Gasteiger partial charge on any atom is -0.481 e. The van der Waals surface area contributed by atoms with E-state index in [1.807, 2.05) is 0 Å². The Kier molecular flexibility index (Phi) is 3.99. The van der Waals surface area contributed by atoms with Gasteiger partial charge in [0.05, 0.1) is 6.42 Å². The van der Waals surface area contributed by atoms with Gasteiger partial charge in [0, 0.05) is 12.2 Å². The van der Waals surface area contributed by atoms with Crippen molar-refractivity contribution >= 4 is 11.9 Å². The maximum absolute atomic E-state index is 11.8. The Bertz CT molecular complexity index is 562. The number of amides is 1. The lowest BCUT2D eigenvalue weighted by Gasteiger charge is -2.15. The molecular formula is C13H16N2O4. The van der Waals surface area contributed by atoms with Gasteiger partial charge >= 0.3 is 5.97 Å². The lowest BCUT2D eigenvalue weighted by atomic mass is 9.95. The predicted molar refractivity (Wildman–Crippen MR) is 68.3 cm³/mol. The summed E-state index contributed by atoms with van der Waals surface area (Å²) in [5.41, 5.74) is 1.58. The summed E-state index contributed by atoms with van der Waals surface area (Å²) < 4.78 is 0. The van der Waals surface area contributed by atoms with Crippen LogP contribution >= 0.6 is 0 Å². The number of carbonyl (C=O) groups excluding carboxylic acids is 1. The van der Waals surface area contributed by atoms with Crippen molar-refractivity contribution in [1.82, 2.24) is 10.3 Å². The molecule has 2 rings (SSSR count). The van der Waals surface area contributed by atoms with Crippen molar-refractivity contribution < 1.29 is 14.7 Å². The number of H-pyrrole nitrogens is 1. The smallest absolute Gasteiger partial charge is 0.305 e. The van der Waals surface area contributed by atoms with Gasteiger partial charge in [-0.25, -0.2) is 0 Å². The summed E-state index contributed by atoms with van der Waals surface area (Å²) in [4.78, 5) is 36.7. The molecule has 102 valence electrons. The van der Waals surface area contributed by atoms with Crippen LogP contribution in [0.25, 0.3) is 0 Å². The molecular weight excluding hydrogens is 248 g/mol. The number of aromatic amines is 1. The Balaban J connectivity index is 2.13. The number of pyridine rings is 1. The Hall–Kier alpha value is -2.11. The fraction of sp³-hybridized carbons (Fsp3) is 0.462. The molecule has 0 unspecified atom stereocenters. The molecule has 19 heavy (non-hydrogen) atoms. The van der Waals surface area contributed by atoms with Gasteiger partial charge in [0.1, 0.15) is 5.56 Å². The number of hydrogen-bond acceptors (Lipinski definition) is 3. The Labute approximate surface area is 109 Å². The molecule has 0 saturated carbocycles. The Morgan fingerprint density at radius 1 is 1.32 bits per heavy atom. The second-order valence-electron chi connectivity index (χ2n) is 4.62. The van der Waals surface area contributed by atoms with E-state index in [9.17, 15) is 14.4 Å². The summed E-state index contributed by atoms with van der Waals surface area (Å²) in [6, 6.07) is 1.63. The molecule has 1 heterocycles. The van der Waals surface area contributed by atoms with E-state index in [0.29, 0.717) is 0 Å². The first-order valence-corrected chi connectivity index (χ1v) is 6.33. The van der Waals surface area contributed by atoms with Gasteiger partial charge in [-0.2, -0.15) is 0 Å². The first kappa shape index (κ1) is 13.3. The molecule has 3 N–H and O–H groups in total. The van der Waals surface area contributed by atoms with Gasteiger partial charge in [0.25, 0.3) is 11.5 Å². The molecule has 6 heteroatoms. The van der Waals surface area contributed by atoms with E-state index in [-0.39, 0.29) is 18.5 Å². The quantitative estimate of drug-likeness (QED) is 0.735. The molecule has 0 atom stereocenters. The third-order valence-corrected chi connectivity index (χ3v) is 3.21. The summed E-state index contributed by atoms with van der Waals surface area (Å²) in [6.45, 7) is 0.0185. The third kappa shape index (κ3) is 3.21. The first-order valence-electron chi connectivity index (χ1n) is 6.33. The van der Waals surface area contributed by atoms with E-state index in [1.54, 1.807) is 6.07 Å². The maximum Gasteiger partial charge on any atom is 0.305 e. The molecule has 0 fully saturated rings. The normalized spacial score (nSPS) is 13.7. The van der Waals surface area contributed by atoms with E-state index in [4.69, 9.17) is 5.11 Å². The van der Waals surface area contributed by atoms with Crippen LogP contribution in [0.15, 0.2) is 10.9 Å². The highest BCUT2D eigenvalue weighted by Gasteiger charge is 2.16. The molecule has 0 spiro atoms. The van der Waals surface area contributed by atoms with Crippen molar-refractivity contribution in [2.45, 2.75) is 32.1 Å². The predicted octanol–water partition coefficient (Wildman–Crippen LogP) is 0.458. The standard InChI is InChI=1S/C13H16N2O4/c16-11(17)5-6-14-12(18)9-7-8-3-1-2-4-10(8)15-13(9)19/h7H,1-6H2,(H,14,18)(H,15,19)(H,16,17). The van der Waals surface area contributed by atoms with Crippen molar-refractivity contribution in [3.8, 4) is 0 Å². The fourth-order valence-electron chi connectivity index (χ4n) is 2.22. The van der Waals surface area contributed by atoms with E-state index < -0.39 is 17.4 Å². The van der Waals surface area contributed by atoms with Gasteiger partial charge in [-0.3, -0.25) is 14.4 Å². The monoisotopic (exact) mass is 264 g/mol.